The van der Waals surface area contributed by atoms with Crippen molar-refractivity contribution in [1.82, 2.24) is 20.4 Å². The summed E-state index contributed by atoms with van der Waals surface area (Å²) in [6.45, 7) is 5.65. The second-order valence-corrected chi connectivity index (χ2v) is 7.98. The summed E-state index contributed by atoms with van der Waals surface area (Å²) in [6.07, 6.45) is 11.6. The molecule has 2 N–H and O–H groups in total. The first-order valence-corrected chi connectivity index (χ1v) is 10.6. The maximum Gasteiger partial charge on any atom is 0.243 e. The second kappa shape index (κ2) is 13.6. The molecule has 0 bridgehead atoms. The van der Waals surface area contributed by atoms with Crippen molar-refractivity contribution in [2.24, 2.45) is 4.99 Å². The Morgan fingerprint density at radius 2 is 1.78 bits per heavy atom. The largest absolute Gasteiger partial charge is 0.356 e. The average Bonchev–Trinajstić information content (AvgIpc) is 2.67. The lowest BCUT2D eigenvalue weighted by Crippen LogP contribution is -2.51. The van der Waals surface area contributed by atoms with Crippen LogP contribution in [0.25, 0.3) is 0 Å². The van der Waals surface area contributed by atoms with E-state index in [0.717, 1.165) is 44.2 Å². The fourth-order valence-corrected chi connectivity index (χ4v) is 3.87. The van der Waals surface area contributed by atoms with Gasteiger partial charge in [-0.25, -0.2) is 4.99 Å². The molecule has 27 heavy (non-hydrogen) atoms. The first-order chi connectivity index (χ1) is 12.6. The van der Waals surface area contributed by atoms with Crippen molar-refractivity contribution >= 4 is 35.8 Å². The monoisotopic (exact) mass is 493 g/mol. The third kappa shape index (κ3) is 8.98. The van der Waals surface area contributed by atoms with Crippen LogP contribution >= 0.6 is 24.0 Å². The van der Waals surface area contributed by atoms with Gasteiger partial charge < -0.3 is 20.4 Å². The highest BCUT2D eigenvalue weighted by Gasteiger charge is 2.26. The van der Waals surface area contributed by atoms with Gasteiger partial charge in [0.2, 0.25) is 5.91 Å². The molecule has 0 spiro atoms. The summed E-state index contributed by atoms with van der Waals surface area (Å²) in [5.41, 5.74) is 0. The first-order valence-electron chi connectivity index (χ1n) is 10.6. The van der Waals surface area contributed by atoms with Crippen molar-refractivity contribution in [2.75, 3.05) is 40.3 Å². The van der Waals surface area contributed by atoms with Crippen LogP contribution in [-0.4, -0.2) is 74.0 Å². The molecule has 1 saturated heterocycles. The zero-order valence-corrected chi connectivity index (χ0v) is 19.8. The molecule has 0 radical (unpaired) electrons. The summed E-state index contributed by atoms with van der Waals surface area (Å²) in [4.78, 5) is 20.6. The third-order valence-corrected chi connectivity index (χ3v) is 5.66. The van der Waals surface area contributed by atoms with E-state index in [1.54, 1.807) is 19.0 Å². The summed E-state index contributed by atoms with van der Waals surface area (Å²) < 4.78 is 0. The van der Waals surface area contributed by atoms with Gasteiger partial charge in [-0.15, -0.1) is 24.0 Å². The number of hydrogen-bond donors (Lipinski definition) is 2. The number of hydrogen-bond acceptors (Lipinski definition) is 3. The van der Waals surface area contributed by atoms with Crippen LogP contribution in [0.5, 0.6) is 0 Å². The van der Waals surface area contributed by atoms with Crippen molar-refractivity contribution in [2.45, 2.75) is 76.8 Å². The van der Waals surface area contributed by atoms with Crippen LogP contribution in [0.1, 0.15) is 64.7 Å². The molecule has 1 aliphatic carbocycles. The van der Waals surface area contributed by atoms with Crippen LogP contribution in [0.15, 0.2) is 4.99 Å². The molecule has 0 aromatic carbocycles. The molecule has 0 atom stereocenters. The molecule has 2 fully saturated rings. The highest BCUT2D eigenvalue weighted by molar-refractivity contribution is 14.0. The predicted molar refractivity (Wildman–Crippen MR) is 124 cm³/mol. The molecular weight excluding hydrogens is 453 g/mol. The fraction of sp³-hybridized carbons (Fsp3) is 0.900. The molecule has 7 heteroatoms. The normalized spacial score (nSPS) is 20.0. The number of halogens is 1. The van der Waals surface area contributed by atoms with Gasteiger partial charge in [0.15, 0.2) is 5.96 Å². The van der Waals surface area contributed by atoms with Gasteiger partial charge in [-0.1, -0.05) is 32.6 Å². The molecule has 1 aliphatic heterocycles. The smallest absolute Gasteiger partial charge is 0.243 e. The standard InChI is InChI=1S/C20H39N5O.HI/c1-4-5-13-21-20(22-16-19(26)24(2)3)23-17-11-14-25(15-12-17)18-9-7-6-8-10-18;/h17-18H,4-16H2,1-3H3,(H2,21,22,23);1H. The number of unbranched alkanes of at least 4 members (excludes halogenated alkanes) is 1. The van der Waals surface area contributed by atoms with Crippen molar-refractivity contribution in [3.05, 3.63) is 0 Å². The zero-order chi connectivity index (χ0) is 18.8. The number of nitrogens with zero attached hydrogens (tertiary/aromatic N) is 3. The lowest BCUT2D eigenvalue weighted by atomic mass is 9.92. The van der Waals surface area contributed by atoms with Gasteiger partial charge in [-0.05, 0) is 32.1 Å². The number of rotatable bonds is 7. The van der Waals surface area contributed by atoms with E-state index in [9.17, 15) is 4.79 Å². The molecule has 0 aromatic rings. The van der Waals surface area contributed by atoms with E-state index in [0.29, 0.717) is 6.04 Å². The second-order valence-electron chi connectivity index (χ2n) is 7.98. The van der Waals surface area contributed by atoms with E-state index in [4.69, 9.17) is 0 Å². The number of carbonyl (C=O) groups excluding carboxylic acids is 1. The van der Waals surface area contributed by atoms with E-state index in [-0.39, 0.29) is 36.4 Å². The molecule has 1 heterocycles. The minimum absolute atomic E-state index is 0. The van der Waals surface area contributed by atoms with Crippen molar-refractivity contribution in [3.63, 3.8) is 0 Å². The van der Waals surface area contributed by atoms with Gasteiger partial charge in [0, 0.05) is 45.8 Å². The number of likely N-dealkylation sites (N-methyl/N-ethyl adjacent to an activating group) is 1. The molecule has 0 unspecified atom stereocenters. The van der Waals surface area contributed by atoms with Gasteiger partial charge in [0.05, 0.1) is 0 Å². The van der Waals surface area contributed by atoms with E-state index in [2.05, 4.69) is 27.4 Å². The highest BCUT2D eigenvalue weighted by Crippen LogP contribution is 2.25. The van der Waals surface area contributed by atoms with E-state index in [1.807, 2.05) is 0 Å². The number of likely N-dealkylation sites (tertiary alicyclic amines) is 1. The first kappa shape index (κ1) is 24.5. The molecule has 6 nitrogen and oxygen atoms in total. The summed E-state index contributed by atoms with van der Waals surface area (Å²) in [7, 11) is 3.55. The summed E-state index contributed by atoms with van der Waals surface area (Å²) in [5.74, 6) is 0.832. The van der Waals surface area contributed by atoms with Crippen LogP contribution < -0.4 is 10.6 Å². The number of amides is 1. The van der Waals surface area contributed by atoms with E-state index >= 15 is 0 Å². The van der Waals surface area contributed by atoms with Crippen molar-refractivity contribution in [3.8, 4) is 0 Å². The van der Waals surface area contributed by atoms with Crippen LogP contribution in [0.3, 0.4) is 0 Å². The topological polar surface area (TPSA) is 60.0 Å². The Hall–Kier alpha value is -0.570. The minimum Gasteiger partial charge on any atom is -0.356 e. The fourth-order valence-electron chi connectivity index (χ4n) is 3.87. The van der Waals surface area contributed by atoms with Gasteiger partial charge in [-0.3, -0.25) is 4.79 Å². The number of aliphatic imine (C=N–C) groups is 1. The molecule has 158 valence electrons. The van der Waals surface area contributed by atoms with Crippen LogP contribution in [0.2, 0.25) is 0 Å². The molecule has 2 aliphatic rings. The Morgan fingerprint density at radius 1 is 1.11 bits per heavy atom. The number of carbonyl (C=O) groups is 1. The molecule has 1 amide bonds. The number of piperidine rings is 1. The average molecular weight is 493 g/mol. The van der Waals surface area contributed by atoms with Gasteiger partial charge in [0.25, 0.3) is 0 Å². The van der Waals surface area contributed by atoms with Crippen molar-refractivity contribution in [1.29, 1.82) is 0 Å². The highest BCUT2D eigenvalue weighted by atomic mass is 127. The number of guanidine groups is 1. The zero-order valence-electron chi connectivity index (χ0n) is 17.5. The van der Waals surface area contributed by atoms with Gasteiger partial charge in [-0.2, -0.15) is 0 Å². The third-order valence-electron chi connectivity index (χ3n) is 5.66. The van der Waals surface area contributed by atoms with E-state index < -0.39 is 0 Å². The molecule has 0 aromatic heterocycles. The maximum absolute atomic E-state index is 11.8. The number of nitrogens with one attached hydrogen (secondary N) is 2. The van der Waals surface area contributed by atoms with Crippen LogP contribution in [0.4, 0.5) is 0 Å². The van der Waals surface area contributed by atoms with Crippen molar-refractivity contribution < 1.29 is 4.79 Å². The Morgan fingerprint density at radius 3 is 2.37 bits per heavy atom. The quantitative estimate of drug-likeness (QED) is 0.248. The molecule has 2 rings (SSSR count). The molecular formula is C20H40IN5O. The van der Waals surface area contributed by atoms with E-state index in [1.165, 1.54) is 45.2 Å². The Balaban J connectivity index is 0.00000364. The summed E-state index contributed by atoms with van der Waals surface area (Å²) in [5, 5.41) is 6.97. The minimum atomic E-state index is 0. The lowest BCUT2D eigenvalue weighted by Gasteiger charge is -2.39. The Bertz CT molecular complexity index is 444. The predicted octanol–water partition coefficient (Wildman–Crippen LogP) is 2.83. The Labute approximate surface area is 182 Å². The van der Waals surface area contributed by atoms with Crippen LogP contribution in [0, 0.1) is 0 Å². The summed E-state index contributed by atoms with van der Waals surface area (Å²) >= 11 is 0. The summed E-state index contributed by atoms with van der Waals surface area (Å²) in [6, 6.07) is 1.27. The van der Waals surface area contributed by atoms with Crippen LogP contribution in [-0.2, 0) is 4.79 Å². The van der Waals surface area contributed by atoms with Gasteiger partial charge >= 0.3 is 0 Å². The SMILES string of the molecule is CCCCNC(=NCC(=O)N(C)C)NC1CCN(C2CCCCC2)CC1.I. The van der Waals surface area contributed by atoms with Gasteiger partial charge in [0.1, 0.15) is 6.54 Å². The Kier molecular flexibility index (Phi) is 12.3. The maximum atomic E-state index is 11.8. The molecule has 1 saturated carbocycles. The lowest BCUT2D eigenvalue weighted by molar-refractivity contribution is -0.127.